The lowest BCUT2D eigenvalue weighted by atomic mass is 10.1. The highest BCUT2D eigenvalue weighted by atomic mass is 16.5. The number of pyridine rings is 1. The van der Waals surface area contributed by atoms with Crippen molar-refractivity contribution in [1.82, 2.24) is 15.2 Å². The van der Waals surface area contributed by atoms with E-state index in [2.05, 4.69) is 10.3 Å². The molecule has 0 aliphatic carbocycles. The van der Waals surface area contributed by atoms with Gasteiger partial charge in [0, 0.05) is 18.8 Å². The van der Waals surface area contributed by atoms with Crippen LogP contribution in [-0.4, -0.2) is 47.9 Å². The predicted octanol–water partition coefficient (Wildman–Crippen LogP) is 1.08. The molecule has 0 saturated carbocycles. The number of likely N-dealkylation sites (N-methyl/N-ethyl adjacent to an activating group) is 1. The van der Waals surface area contributed by atoms with Crippen molar-refractivity contribution in [3.63, 3.8) is 0 Å². The Kier molecular flexibility index (Phi) is 5.07. The van der Waals surface area contributed by atoms with Gasteiger partial charge in [-0.1, -0.05) is 0 Å². The molecule has 0 bridgehead atoms. The molecule has 20 heavy (non-hydrogen) atoms. The summed E-state index contributed by atoms with van der Waals surface area (Å²) in [7, 11) is 3.02. The molecule has 6 heteroatoms. The van der Waals surface area contributed by atoms with Crippen LogP contribution in [0.4, 0.5) is 0 Å². The minimum atomic E-state index is -0.326. The van der Waals surface area contributed by atoms with E-state index in [1.165, 1.54) is 12.0 Å². The fourth-order valence-corrected chi connectivity index (χ4v) is 1.67. The van der Waals surface area contributed by atoms with Crippen LogP contribution in [-0.2, 0) is 4.79 Å². The number of hydrogen-bond donors (Lipinski definition) is 1. The van der Waals surface area contributed by atoms with Crippen LogP contribution in [0.15, 0.2) is 18.3 Å². The number of nitrogens with zero attached hydrogens (tertiary/aromatic N) is 2. The number of methoxy groups -OCH3 is 1. The molecule has 0 spiro atoms. The van der Waals surface area contributed by atoms with Crippen LogP contribution >= 0.6 is 0 Å². The van der Waals surface area contributed by atoms with E-state index >= 15 is 0 Å². The molecule has 1 heterocycles. The Bertz CT molecular complexity index is 495. The Morgan fingerprint density at radius 1 is 1.40 bits per heavy atom. The van der Waals surface area contributed by atoms with Gasteiger partial charge in [-0.25, -0.2) is 4.98 Å². The first-order chi connectivity index (χ1) is 9.24. The highest BCUT2D eigenvalue weighted by Gasteiger charge is 2.21. The summed E-state index contributed by atoms with van der Waals surface area (Å²) in [5.74, 6) is -0.268. The minimum Gasteiger partial charge on any atom is -0.480 e. The zero-order valence-corrected chi connectivity index (χ0v) is 12.6. The van der Waals surface area contributed by atoms with Crippen LogP contribution in [0.1, 0.15) is 31.1 Å². The summed E-state index contributed by atoms with van der Waals surface area (Å²) in [5.41, 5.74) is 0.00789. The molecule has 1 aromatic heterocycles. The third-order valence-corrected chi connectivity index (χ3v) is 2.44. The van der Waals surface area contributed by atoms with E-state index in [1.807, 2.05) is 20.8 Å². The smallest absolute Gasteiger partial charge is 0.259 e. The van der Waals surface area contributed by atoms with Crippen molar-refractivity contribution in [2.75, 3.05) is 20.7 Å². The van der Waals surface area contributed by atoms with Crippen molar-refractivity contribution in [3.8, 4) is 5.88 Å². The number of ether oxygens (including phenoxy) is 1. The summed E-state index contributed by atoms with van der Waals surface area (Å²) in [4.78, 5) is 29.4. The number of carbonyl (C=O) groups is 2. The Morgan fingerprint density at radius 2 is 2.05 bits per heavy atom. The number of rotatable bonds is 4. The Hall–Kier alpha value is -2.11. The normalized spacial score (nSPS) is 10.8. The van der Waals surface area contributed by atoms with E-state index in [0.29, 0.717) is 5.56 Å². The first-order valence-electron chi connectivity index (χ1n) is 6.30. The molecule has 0 radical (unpaired) electrons. The third-order valence-electron chi connectivity index (χ3n) is 2.44. The minimum absolute atomic E-state index is 0.0197. The number of hydrogen-bond acceptors (Lipinski definition) is 4. The van der Waals surface area contributed by atoms with Crippen LogP contribution in [0.25, 0.3) is 0 Å². The van der Waals surface area contributed by atoms with Crippen molar-refractivity contribution in [2.24, 2.45) is 0 Å². The van der Waals surface area contributed by atoms with Gasteiger partial charge in [0.1, 0.15) is 5.56 Å². The molecule has 1 aromatic rings. The molecule has 0 aromatic carbocycles. The van der Waals surface area contributed by atoms with Gasteiger partial charge in [-0.05, 0) is 32.9 Å². The van der Waals surface area contributed by atoms with Crippen molar-refractivity contribution in [1.29, 1.82) is 0 Å². The van der Waals surface area contributed by atoms with Gasteiger partial charge in [0.05, 0.1) is 13.7 Å². The largest absolute Gasteiger partial charge is 0.480 e. The number of carbonyl (C=O) groups excluding carboxylic acids is 2. The standard InChI is InChI=1S/C14H21N3O3/c1-14(2,3)16-11(18)9-17(4)13(19)10-7-6-8-15-12(10)20-5/h6-8H,9H2,1-5H3,(H,16,18). The molecule has 0 aliphatic heterocycles. The maximum atomic E-state index is 12.3. The fraction of sp³-hybridized carbons (Fsp3) is 0.500. The zero-order chi connectivity index (χ0) is 15.3. The number of aromatic nitrogens is 1. The molecule has 0 unspecified atom stereocenters. The summed E-state index contributed by atoms with van der Waals surface area (Å²) in [6.45, 7) is 5.64. The average Bonchev–Trinajstić information content (AvgIpc) is 2.35. The van der Waals surface area contributed by atoms with Gasteiger partial charge in [0.2, 0.25) is 11.8 Å². The maximum absolute atomic E-state index is 12.3. The quantitative estimate of drug-likeness (QED) is 0.895. The van der Waals surface area contributed by atoms with Crippen LogP contribution in [0, 0.1) is 0 Å². The van der Waals surface area contributed by atoms with Gasteiger partial charge in [0.15, 0.2) is 0 Å². The van der Waals surface area contributed by atoms with E-state index in [1.54, 1.807) is 25.4 Å². The average molecular weight is 279 g/mol. The van der Waals surface area contributed by atoms with Gasteiger partial charge in [-0.2, -0.15) is 0 Å². The molecular weight excluding hydrogens is 258 g/mol. The van der Waals surface area contributed by atoms with Crippen molar-refractivity contribution in [3.05, 3.63) is 23.9 Å². The molecule has 0 fully saturated rings. The lowest BCUT2D eigenvalue weighted by Crippen LogP contribution is -2.46. The van der Waals surface area contributed by atoms with Crippen LogP contribution in [0.2, 0.25) is 0 Å². The van der Waals surface area contributed by atoms with Gasteiger partial charge in [-0.15, -0.1) is 0 Å². The third kappa shape index (κ3) is 4.53. The second-order valence-electron chi connectivity index (χ2n) is 5.52. The van der Waals surface area contributed by atoms with Gasteiger partial charge >= 0.3 is 0 Å². The molecular formula is C14H21N3O3. The summed E-state index contributed by atoms with van der Waals surface area (Å²) in [5, 5.41) is 2.81. The van der Waals surface area contributed by atoms with Gasteiger partial charge in [-0.3, -0.25) is 9.59 Å². The molecule has 6 nitrogen and oxygen atoms in total. The summed E-state index contributed by atoms with van der Waals surface area (Å²) < 4.78 is 5.04. The van der Waals surface area contributed by atoms with E-state index in [0.717, 1.165) is 0 Å². The van der Waals surface area contributed by atoms with Crippen molar-refractivity contribution >= 4 is 11.8 Å². The Balaban J connectivity index is 2.75. The van der Waals surface area contributed by atoms with Crippen LogP contribution in [0.5, 0.6) is 5.88 Å². The first-order valence-corrected chi connectivity index (χ1v) is 6.30. The van der Waals surface area contributed by atoms with Gasteiger partial charge in [0.25, 0.3) is 5.91 Å². The second kappa shape index (κ2) is 6.36. The molecule has 1 N–H and O–H groups in total. The van der Waals surface area contributed by atoms with E-state index < -0.39 is 0 Å². The van der Waals surface area contributed by atoms with Gasteiger partial charge < -0.3 is 15.0 Å². The highest BCUT2D eigenvalue weighted by Crippen LogP contribution is 2.15. The fourth-order valence-electron chi connectivity index (χ4n) is 1.67. The monoisotopic (exact) mass is 279 g/mol. The number of nitrogens with one attached hydrogen (secondary N) is 1. The molecule has 0 aliphatic rings. The summed E-state index contributed by atoms with van der Waals surface area (Å²) in [6.07, 6.45) is 1.54. The van der Waals surface area contributed by atoms with E-state index in [-0.39, 0.29) is 29.8 Å². The molecule has 0 saturated heterocycles. The van der Waals surface area contributed by atoms with Crippen molar-refractivity contribution < 1.29 is 14.3 Å². The highest BCUT2D eigenvalue weighted by molar-refractivity contribution is 5.98. The lowest BCUT2D eigenvalue weighted by molar-refractivity contribution is -0.122. The zero-order valence-electron chi connectivity index (χ0n) is 12.6. The molecule has 2 amide bonds. The lowest BCUT2D eigenvalue weighted by Gasteiger charge is -2.23. The first kappa shape index (κ1) is 15.9. The SMILES string of the molecule is COc1ncccc1C(=O)N(C)CC(=O)NC(C)(C)C. The second-order valence-corrected chi connectivity index (χ2v) is 5.52. The van der Waals surface area contributed by atoms with Crippen LogP contribution in [0.3, 0.4) is 0 Å². The summed E-state index contributed by atoms with van der Waals surface area (Å²) >= 11 is 0. The predicted molar refractivity (Wildman–Crippen MR) is 75.6 cm³/mol. The van der Waals surface area contributed by atoms with E-state index in [4.69, 9.17) is 4.74 Å². The van der Waals surface area contributed by atoms with E-state index in [9.17, 15) is 9.59 Å². The van der Waals surface area contributed by atoms with Crippen LogP contribution < -0.4 is 10.1 Å². The Morgan fingerprint density at radius 3 is 2.60 bits per heavy atom. The summed E-state index contributed by atoms with van der Waals surface area (Å²) in [6, 6.07) is 3.27. The molecule has 110 valence electrons. The molecule has 1 rings (SSSR count). The van der Waals surface area contributed by atoms with Crippen molar-refractivity contribution in [2.45, 2.75) is 26.3 Å². The maximum Gasteiger partial charge on any atom is 0.259 e. The topological polar surface area (TPSA) is 71.5 Å². The Labute approximate surface area is 119 Å². The number of amides is 2. The molecule has 0 atom stereocenters.